The van der Waals surface area contributed by atoms with Gasteiger partial charge in [-0.15, -0.1) is 0 Å². The lowest BCUT2D eigenvalue weighted by Crippen LogP contribution is -2.37. The summed E-state index contributed by atoms with van der Waals surface area (Å²) in [6, 6.07) is 7.98. The third-order valence-corrected chi connectivity index (χ3v) is 5.64. The number of ether oxygens (including phenoxy) is 2. The maximum atomic E-state index is 12.5. The van der Waals surface area contributed by atoms with E-state index in [0.29, 0.717) is 6.42 Å². The third-order valence-electron chi connectivity index (χ3n) is 5.64. The first-order valence-electron chi connectivity index (χ1n) is 14.5. The Morgan fingerprint density at radius 1 is 0.744 bits per heavy atom. The van der Waals surface area contributed by atoms with E-state index in [9.17, 15) is 14.4 Å². The summed E-state index contributed by atoms with van der Waals surface area (Å²) in [4.78, 5) is 40.7. The monoisotopic (exact) mass is 545 g/mol. The van der Waals surface area contributed by atoms with Crippen LogP contribution in [0.25, 0.3) is 0 Å². The molecule has 0 aliphatic rings. The Labute approximate surface area is 235 Å². The van der Waals surface area contributed by atoms with Crippen LogP contribution in [0.4, 0.5) is 15.3 Å². The molecule has 220 valence electrons. The van der Waals surface area contributed by atoms with Gasteiger partial charge in [0.15, 0.2) is 0 Å². The topological polar surface area (TPSA) is 106 Å². The van der Waals surface area contributed by atoms with Crippen molar-refractivity contribution >= 4 is 29.6 Å². The van der Waals surface area contributed by atoms with Crippen molar-refractivity contribution in [1.29, 1.82) is 0 Å². The standard InChI is InChI=1S/C31H51N3O5/c1-8-9-10-11-12-13-14-15-17-24-20-22-25(23-21-24)32-27(35)19-16-18-26(33-28(36)38-30(2,3)4)34-29(37)39-31(5,6)7/h20-23H,8-19H2,1-7H3,(H,32,35)(H,33,34,36,37). The molecule has 0 aromatic heterocycles. The molecule has 0 aliphatic heterocycles. The molecule has 2 N–H and O–H groups in total. The largest absolute Gasteiger partial charge is 0.444 e. The Kier molecular flexibility index (Phi) is 15.4. The van der Waals surface area contributed by atoms with E-state index < -0.39 is 23.4 Å². The van der Waals surface area contributed by atoms with Crippen molar-refractivity contribution in [3.8, 4) is 0 Å². The van der Waals surface area contributed by atoms with E-state index in [-0.39, 0.29) is 24.6 Å². The van der Waals surface area contributed by atoms with E-state index in [0.717, 1.165) is 12.1 Å². The highest BCUT2D eigenvalue weighted by molar-refractivity contribution is 6.00. The van der Waals surface area contributed by atoms with Crippen molar-refractivity contribution in [2.75, 3.05) is 5.32 Å². The van der Waals surface area contributed by atoms with E-state index >= 15 is 0 Å². The average Bonchev–Trinajstić information content (AvgIpc) is 2.79. The predicted octanol–water partition coefficient (Wildman–Crippen LogP) is 8.34. The minimum Gasteiger partial charge on any atom is -0.444 e. The van der Waals surface area contributed by atoms with E-state index in [1.54, 1.807) is 41.5 Å². The van der Waals surface area contributed by atoms with Crippen LogP contribution in [-0.4, -0.2) is 35.1 Å². The zero-order chi connectivity index (χ0) is 29.3. The summed E-state index contributed by atoms with van der Waals surface area (Å²) >= 11 is 0. The van der Waals surface area contributed by atoms with Crippen LogP contribution in [0, 0.1) is 0 Å². The Hall–Kier alpha value is -2.90. The molecule has 0 atom stereocenters. The van der Waals surface area contributed by atoms with Crippen LogP contribution < -0.4 is 10.6 Å². The molecule has 3 amide bonds. The molecule has 0 saturated heterocycles. The highest BCUT2D eigenvalue weighted by atomic mass is 16.6. The van der Waals surface area contributed by atoms with Gasteiger partial charge in [-0.25, -0.2) is 9.59 Å². The summed E-state index contributed by atoms with van der Waals surface area (Å²) in [7, 11) is 0. The van der Waals surface area contributed by atoms with Gasteiger partial charge >= 0.3 is 12.2 Å². The number of amidine groups is 1. The Balaban J connectivity index is 2.50. The van der Waals surface area contributed by atoms with E-state index in [1.165, 1.54) is 56.9 Å². The fourth-order valence-corrected chi connectivity index (χ4v) is 3.82. The van der Waals surface area contributed by atoms with E-state index in [4.69, 9.17) is 9.47 Å². The van der Waals surface area contributed by atoms with Crippen molar-refractivity contribution in [3.05, 3.63) is 29.8 Å². The zero-order valence-electron chi connectivity index (χ0n) is 25.3. The molecular formula is C31H51N3O5. The number of aryl methyl sites for hydroxylation is 1. The number of anilines is 1. The second-order valence-corrected chi connectivity index (χ2v) is 12.0. The third kappa shape index (κ3) is 18.9. The number of rotatable bonds is 14. The number of nitrogens with one attached hydrogen (secondary N) is 2. The minimum atomic E-state index is -0.815. The molecule has 8 nitrogen and oxygen atoms in total. The van der Waals surface area contributed by atoms with Gasteiger partial charge in [0.25, 0.3) is 0 Å². The Bertz CT molecular complexity index is 912. The van der Waals surface area contributed by atoms with Gasteiger partial charge < -0.3 is 14.8 Å². The molecule has 0 unspecified atom stereocenters. The highest BCUT2D eigenvalue weighted by Crippen LogP contribution is 2.15. The lowest BCUT2D eigenvalue weighted by Gasteiger charge is -2.20. The van der Waals surface area contributed by atoms with Gasteiger partial charge in [-0.05, 0) is 78.5 Å². The number of amides is 3. The van der Waals surface area contributed by atoms with Gasteiger partial charge in [0.05, 0.1) is 0 Å². The molecule has 1 rings (SSSR count). The molecular weight excluding hydrogens is 494 g/mol. The predicted molar refractivity (Wildman–Crippen MR) is 158 cm³/mol. The van der Waals surface area contributed by atoms with Gasteiger partial charge in [-0.1, -0.05) is 64.0 Å². The second-order valence-electron chi connectivity index (χ2n) is 12.0. The van der Waals surface area contributed by atoms with Gasteiger partial charge in [-0.3, -0.25) is 10.1 Å². The highest BCUT2D eigenvalue weighted by Gasteiger charge is 2.20. The number of hydrogen-bond donors (Lipinski definition) is 2. The van der Waals surface area contributed by atoms with Crippen LogP contribution in [-0.2, 0) is 20.7 Å². The number of alkyl carbamates (subject to hydrolysis) is 1. The molecule has 39 heavy (non-hydrogen) atoms. The number of benzene rings is 1. The summed E-state index contributed by atoms with van der Waals surface area (Å²) in [6.07, 6.45) is 10.7. The maximum Gasteiger partial charge on any atom is 0.435 e. The number of carbonyl (C=O) groups excluding carboxylic acids is 3. The molecule has 0 heterocycles. The number of nitrogens with zero attached hydrogens (tertiary/aromatic N) is 1. The first-order valence-corrected chi connectivity index (χ1v) is 14.5. The van der Waals surface area contributed by atoms with Crippen LogP contribution in [0.2, 0.25) is 0 Å². The summed E-state index contributed by atoms with van der Waals surface area (Å²) < 4.78 is 10.5. The van der Waals surface area contributed by atoms with Crippen LogP contribution >= 0.6 is 0 Å². The van der Waals surface area contributed by atoms with Crippen LogP contribution in [0.3, 0.4) is 0 Å². The molecule has 1 aromatic carbocycles. The molecule has 0 fully saturated rings. The molecule has 0 spiro atoms. The number of aliphatic imine (C=N–C) groups is 1. The lowest BCUT2D eigenvalue weighted by atomic mass is 10.0. The van der Waals surface area contributed by atoms with Gasteiger partial charge in [0.1, 0.15) is 17.0 Å². The lowest BCUT2D eigenvalue weighted by molar-refractivity contribution is -0.116. The Morgan fingerprint density at radius 3 is 1.87 bits per heavy atom. The van der Waals surface area contributed by atoms with Gasteiger partial charge in [0.2, 0.25) is 5.91 Å². The molecule has 1 aromatic rings. The van der Waals surface area contributed by atoms with E-state index in [1.807, 2.05) is 12.1 Å². The summed E-state index contributed by atoms with van der Waals surface area (Å²) in [5, 5.41) is 5.42. The van der Waals surface area contributed by atoms with Gasteiger partial charge in [0, 0.05) is 18.5 Å². The van der Waals surface area contributed by atoms with Crippen LogP contribution in [0.5, 0.6) is 0 Å². The molecule has 0 saturated carbocycles. The zero-order valence-corrected chi connectivity index (χ0v) is 25.3. The van der Waals surface area contributed by atoms with E-state index in [2.05, 4.69) is 34.7 Å². The first-order chi connectivity index (χ1) is 18.3. The SMILES string of the molecule is CCCCCCCCCCc1ccc(NC(=O)CCCC(=NC(=O)OC(C)(C)C)NC(=O)OC(C)(C)C)cc1. The smallest absolute Gasteiger partial charge is 0.435 e. The number of hydrogen-bond acceptors (Lipinski definition) is 5. The molecule has 8 heteroatoms. The van der Waals surface area contributed by atoms with Gasteiger partial charge in [-0.2, -0.15) is 4.99 Å². The van der Waals surface area contributed by atoms with Crippen LogP contribution in [0.15, 0.2) is 29.3 Å². The van der Waals surface area contributed by atoms with Crippen molar-refractivity contribution in [2.24, 2.45) is 4.99 Å². The molecule has 0 aliphatic carbocycles. The number of carbonyl (C=O) groups is 3. The first kappa shape index (κ1) is 34.1. The fourth-order valence-electron chi connectivity index (χ4n) is 3.82. The van der Waals surface area contributed by atoms with Crippen molar-refractivity contribution < 1.29 is 23.9 Å². The number of unbranched alkanes of at least 4 members (excludes halogenated alkanes) is 7. The second kappa shape index (κ2) is 17.6. The summed E-state index contributed by atoms with van der Waals surface area (Å²) in [6.45, 7) is 12.7. The maximum absolute atomic E-state index is 12.5. The summed E-state index contributed by atoms with van der Waals surface area (Å²) in [5.74, 6) is -0.0590. The molecule has 0 bridgehead atoms. The summed E-state index contributed by atoms with van der Waals surface area (Å²) in [5.41, 5.74) is 0.593. The normalized spacial score (nSPS) is 12.1. The van der Waals surface area contributed by atoms with Crippen molar-refractivity contribution in [1.82, 2.24) is 5.32 Å². The average molecular weight is 546 g/mol. The minimum absolute atomic E-state index is 0.0941. The Morgan fingerprint density at radius 2 is 1.31 bits per heavy atom. The van der Waals surface area contributed by atoms with Crippen molar-refractivity contribution in [2.45, 2.75) is 137 Å². The molecule has 0 radical (unpaired) electrons. The fraction of sp³-hybridized carbons (Fsp3) is 0.677. The van der Waals surface area contributed by atoms with Crippen LogP contribution in [0.1, 0.15) is 125 Å². The quantitative estimate of drug-likeness (QED) is 0.139. The van der Waals surface area contributed by atoms with Crippen molar-refractivity contribution in [3.63, 3.8) is 0 Å².